The molecule has 3 aliphatic heterocycles. The molecular formula is C34H36F3N3O6S. The van der Waals surface area contributed by atoms with Crippen LogP contribution >= 0.6 is 0 Å². The van der Waals surface area contributed by atoms with Crippen molar-refractivity contribution in [3.63, 3.8) is 0 Å². The summed E-state index contributed by atoms with van der Waals surface area (Å²) in [6.07, 6.45) is 6.98. The van der Waals surface area contributed by atoms with Crippen molar-refractivity contribution in [3.05, 3.63) is 58.5 Å². The number of aromatic amines is 1. The summed E-state index contributed by atoms with van der Waals surface area (Å²) in [5, 5.41) is 0. The average molecular weight is 672 g/mol. The van der Waals surface area contributed by atoms with Gasteiger partial charge in [0.25, 0.3) is 0 Å². The van der Waals surface area contributed by atoms with Crippen molar-refractivity contribution in [1.82, 2.24) is 14.9 Å². The molecule has 3 aromatic rings. The van der Waals surface area contributed by atoms with Gasteiger partial charge in [0.2, 0.25) is 0 Å². The van der Waals surface area contributed by atoms with Gasteiger partial charge in [0.15, 0.2) is 0 Å². The van der Waals surface area contributed by atoms with Gasteiger partial charge in [-0.25, -0.2) is 9.78 Å². The molecule has 9 nitrogen and oxygen atoms in total. The third kappa shape index (κ3) is 4.94. The van der Waals surface area contributed by atoms with Crippen LogP contribution in [0.4, 0.5) is 18.0 Å². The Balaban J connectivity index is 1.18. The molecule has 2 aromatic carbocycles. The van der Waals surface area contributed by atoms with Gasteiger partial charge in [0, 0.05) is 17.7 Å². The highest BCUT2D eigenvalue weighted by molar-refractivity contribution is 7.88. The number of H-pyrrole nitrogens is 1. The van der Waals surface area contributed by atoms with Crippen molar-refractivity contribution < 1.29 is 40.0 Å². The molecule has 1 saturated carbocycles. The van der Waals surface area contributed by atoms with E-state index in [0.29, 0.717) is 17.9 Å². The first kappa shape index (κ1) is 30.7. The summed E-state index contributed by atoms with van der Waals surface area (Å²) in [6.45, 7) is 6.14. The van der Waals surface area contributed by atoms with E-state index in [9.17, 15) is 26.4 Å². The zero-order valence-electron chi connectivity index (χ0n) is 26.3. The van der Waals surface area contributed by atoms with Gasteiger partial charge in [-0.3, -0.25) is 4.90 Å². The molecule has 5 atom stereocenters. The van der Waals surface area contributed by atoms with Crippen molar-refractivity contribution >= 4 is 16.2 Å². The molecule has 2 saturated heterocycles. The van der Waals surface area contributed by atoms with Crippen LogP contribution in [-0.4, -0.2) is 47.0 Å². The van der Waals surface area contributed by atoms with Crippen LogP contribution in [0.3, 0.4) is 0 Å². The molecule has 5 unspecified atom stereocenters. The summed E-state index contributed by atoms with van der Waals surface area (Å²) in [5.41, 5.74) is 1.12. The smallest absolute Gasteiger partial charge is 0.444 e. The molecule has 5 aliphatic rings. The van der Waals surface area contributed by atoms with Gasteiger partial charge in [0.05, 0.1) is 30.1 Å². The minimum atomic E-state index is -5.80. The molecule has 1 amide bonds. The highest BCUT2D eigenvalue weighted by Crippen LogP contribution is 2.61. The van der Waals surface area contributed by atoms with Gasteiger partial charge < -0.3 is 18.6 Å². The molecule has 1 N–H and O–H groups in total. The van der Waals surface area contributed by atoms with Crippen molar-refractivity contribution in [2.75, 3.05) is 6.54 Å². The van der Waals surface area contributed by atoms with E-state index in [2.05, 4.69) is 4.98 Å². The Morgan fingerprint density at radius 2 is 1.55 bits per heavy atom. The first-order chi connectivity index (χ1) is 22.2. The van der Waals surface area contributed by atoms with E-state index >= 15 is 0 Å². The van der Waals surface area contributed by atoms with E-state index in [1.54, 1.807) is 17.2 Å². The van der Waals surface area contributed by atoms with E-state index in [4.69, 9.17) is 18.6 Å². The van der Waals surface area contributed by atoms with Gasteiger partial charge in [-0.2, -0.15) is 21.6 Å². The summed E-state index contributed by atoms with van der Waals surface area (Å²) in [7, 11) is -5.80. The maximum absolute atomic E-state index is 13.3. The van der Waals surface area contributed by atoms with Gasteiger partial charge in [0.1, 0.15) is 17.2 Å². The number of nitrogens with zero attached hydrogens (tertiary/aromatic N) is 2. The van der Waals surface area contributed by atoms with Gasteiger partial charge >= 0.3 is 21.7 Å². The number of likely N-dealkylation sites (tertiary alicyclic amines) is 1. The number of alkyl halides is 3. The third-order valence-corrected chi connectivity index (χ3v) is 11.3. The normalized spacial score (nSPS) is 26.2. The van der Waals surface area contributed by atoms with Crippen LogP contribution in [0.25, 0.3) is 22.4 Å². The number of carbonyl (C=O) groups is 1. The largest absolute Gasteiger partial charge is 0.534 e. The van der Waals surface area contributed by atoms with E-state index < -0.39 is 21.2 Å². The van der Waals surface area contributed by atoms with Gasteiger partial charge in [-0.1, -0.05) is 18.2 Å². The second-order valence-electron chi connectivity index (χ2n) is 14.3. The zero-order valence-corrected chi connectivity index (χ0v) is 27.1. The molecular weight excluding hydrogens is 635 g/mol. The molecule has 250 valence electrons. The predicted molar refractivity (Wildman–Crippen MR) is 165 cm³/mol. The highest BCUT2D eigenvalue weighted by atomic mass is 32.2. The van der Waals surface area contributed by atoms with Crippen LogP contribution in [0.1, 0.15) is 124 Å². The van der Waals surface area contributed by atoms with Crippen LogP contribution < -0.4 is 4.18 Å². The van der Waals surface area contributed by atoms with Gasteiger partial charge in [-0.05, 0) is 111 Å². The maximum atomic E-state index is 13.3. The lowest BCUT2D eigenvalue weighted by atomic mass is 9.79. The van der Waals surface area contributed by atoms with Crippen LogP contribution in [0.5, 0.6) is 5.75 Å². The number of aromatic nitrogens is 2. The quantitative estimate of drug-likeness (QED) is 0.215. The van der Waals surface area contributed by atoms with Crippen LogP contribution in [-0.2, 0) is 19.6 Å². The second-order valence-corrected chi connectivity index (χ2v) is 15.9. The lowest BCUT2D eigenvalue weighted by molar-refractivity contribution is -0.0500. The van der Waals surface area contributed by atoms with Gasteiger partial charge in [-0.15, -0.1) is 0 Å². The lowest BCUT2D eigenvalue weighted by Crippen LogP contribution is -2.36. The molecule has 4 bridgehead atoms. The summed E-state index contributed by atoms with van der Waals surface area (Å²) in [4.78, 5) is 22.9. The Morgan fingerprint density at radius 3 is 2.26 bits per heavy atom. The third-order valence-electron chi connectivity index (χ3n) is 10.3. The second kappa shape index (κ2) is 10.5. The van der Waals surface area contributed by atoms with E-state index in [-0.39, 0.29) is 41.9 Å². The number of benzene rings is 2. The number of amides is 1. The molecule has 8 rings (SSSR count). The summed E-state index contributed by atoms with van der Waals surface area (Å²) in [5.74, 6) is 0.541. The first-order valence-electron chi connectivity index (χ1n) is 16.2. The average Bonchev–Trinajstić information content (AvgIpc) is 3.84. The SMILES string of the molecule is CC(C)(C)OC(=O)N1CCCC1c1ncc(-c2ccc(-c3ccc(OS(=O)(=O)C(F)(F)F)c4c3C3CCC4C3)c3c2C2CCC3O2)[nH]1. The predicted octanol–water partition coefficient (Wildman–Crippen LogP) is 8.32. The number of nitrogens with one attached hydrogen (secondary N) is 1. The number of imidazole rings is 1. The Bertz CT molecular complexity index is 1900. The Kier molecular flexibility index (Phi) is 6.84. The van der Waals surface area contributed by atoms with Crippen molar-refractivity contribution in [2.24, 2.45) is 0 Å². The highest BCUT2D eigenvalue weighted by Gasteiger charge is 2.50. The van der Waals surface area contributed by atoms with E-state index in [0.717, 1.165) is 84.0 Å². The van der Waals surface area contributed by atoms with Crippen LogP contribution in [0.2, 0.25) is 0 Å². The minimum absolute atomic E-state index is 0.0485. The molecule has 1 aromatic heterocycles. The monoisotopic (exact) mass is 671 g/mol. The first-order valence-corrected chi connectivity index (χ1v) is 17.7. The van der Waals surface area contributed by atoms with Crippen molar-refractivity contribution in [3.8, 4) is 28.1 Å². The molecule has 2 aliphatic carbocycles. The fourth-order valence-corrected chi connectivity index (χ4v) is 9.03. The molecule has 47 heavy (non-hydrogen) atoms. The minimum Gasteiger partial charge on any atom is -0.444 e. The topological polar surface area (TPSA) is 111 Å². The number of hydrogen-bond donors (Lipinski definition) is 1. The fourth-order valence-electron chi connectivity index (χ4n) is 8.55. The summed E-state index contributed by atoms with van der Waals surface area (Å²) < 4.78 is 80.6. The fraction of sp³-hybridized carbons (Fsp3) is 0.529. The molecule has 0 radical (unpaired) electrons. The lowest BCUT2D eigenvalue weighted by Gasteiger charge is -2.27. The molecule has 13 heteroatoms. The number of hydrogen-bond acceptors (Lipinski definition) is 7. The maximum Gasteiger partial charge on any atom is 0.534 e. The Hall–Kier alpha value is -3.58. The Morgan fingerprint density at radius 1 is 0.915 bits per heavy atom. The molecule has 4 heterocycles. The number of rotatable bonds is 5. The van der Waals surface area contributed by atoms with E-state index in [1.165, 1.54) is 6.07 Å². The molecule has 3 fully saturated rings. The van der Waals surface area contributed by atoms with E-state index in [1.807, 2.05) is 32.9 Å². The standard InChI is InChI=1S/C34H36F3N3O6S/c1-33(2,3)45-32(41)40-14-4-5-23(40)31-38-16-22(39-31)21-9-8-20(29-24-12-13-25(44-24)30(21)29)19-10-11-26(46-47(42,43)34(35,36)37)28-18-7-6-17(15-18)27(19)28/h8-11,16-18,23-25H,4-7,12-15H2,1-3H3,(H,38,39). The molecule has 0 spiro atoms. The summed E-state index contributed by atoms with van der Waals surface area (Å²) >= 11 is 0. The number of halogens is 3. The number of carbonyl (C=O) groups excluding carboxylic acids is 1. The van der Waals surface area contributed by atoms with Crippen LogP contribution in [0.15, 0.2) is 30.5 Å². The van der Waals surface area contributed by atoms with Crippen molar-refractivity contribution in [2.45, 2.75) is 107 Å². The number of fused-ring (bicyclic) bond motifs is 10. The Labute approximate surface area is 270 Å². The van der Waals surface area contributed by atoms with Crippen LogP contribution in [0, 0.1) is 0 Å². The van der Waals surface area contributed by atoms with Crippen molar-refractivity contribution in [1.29, 1.82) is 0 Å². The zero-order chi connectivity index (χ0) is 33.0. The summed E-state index contributed by atoms with van der Waals surface area (Å²) in [6, 6.07) is 6.94. The number of ether oxygens (including phenoxy) is 2.